The molecule has 3 fully saturated rings. The Bertz CT molecular complexity index is 1830. The van der Waals surface area contributed by atoms with Crippen LogP contribution in [0, 0.1) is 11.3 Å². The molecule has 1 aromatic carbocycles. The second kappa shape index (κ2) is 10.1. The molecule has 7 rings (SSSR count). The quantitative estimate of drug-likeness (QED) is 0.330. The highest BCUT2D eigenvalue weighted by atomic mass is 32.2. The number of nitrogens with zero attached hydrogens (tertiary/aromatic N) is 8. The van der Waals surface area contributed by atoms with Gasteiger partial charge in [-0.05, 0) is 57.3 Å². The largest absolute Gasteiger partial charge is 0.353 e. The zero-order valence-electron chi connectivity index (χ0n) is 22.3. The van der Waals surface area contributed by atoms with Crippen molar-refractivity contribution in [1.82, 2.24) is 34.4 Å². The number of nitrogens with one attached hydrogen (secondary N) is 1. The lowest BCUT2D eigenvalue weighted by Gasteiger charge is -2.39. The summed E-state index contributed by atoms with van der Waals surface area (Å²) in [7, 11) is -4.10. The Kier molecular flexibility index (Phi) is 6.61. The number of rotatable bonds is 7. The van der Waals surface area contributed by atoms with Crippen molar-refractivity contribution in [2.24, 2.45) is 0 Å². The van der Waals surface area contributed by atoms with E-state index in [1.165, 1.54) is 23.0 Å². The molecular formula is C26H26F3N9O2S2. The first-order chi connectivity index (χ1) is 20.2. The van der Waals surface area contributed by atoms with Gasteiger partial charge < -0.3 is 4.90 Å². The molecule has 0 spiro atoms. The Labute approximate surface area is 243 Å². The van der Waals surface area contributed by atoms with Crippen LogP contribution in [0.3, 0.4) is 0 Å². The minimum atomic E-state index is -4.10. The number of fused-ring (bicyclic) bond motifs is 3. The molecule has 220 valence electrons. The number of nitriles is 1. The molecular weight excluding hydrogens is 591 g/mol. The Morgan fingerprint density at radius 1 is 1.14 bits per heavy atom. The Hall–Kier alpha value is -3.39. The van der Waals surface area contributed by atoms with Crippen molar-refractivity contribution in [3.63, 3.8) is 0 Å². The van der Waals surface area contributed by atoms with E-state index in [-0.39, 0.29) is 22.6 Å². The van der Waals surface area contributed by atoms with Crippen LogP contribution in [0.25, 0.3) is 27.1 Å². The molecule has 4 aromatic rings. The van der Waals surface area contributed by atoms with E-state index in [1.807, 2.05) is 11.0 Å². The third kappa shape index (κ3) is 4.59. The number of piperidine rings is 1. The summed E-state index contributed by atoms with van der Waals surface area (Å²) in [6.45, 7) is 2.48. The fraction of sp³-hybridized carbons (Fsp3) is 0.500. The van der Waals surface area contributed by atoms with Crippen LogP contribution in [0.15, 0.2) is 29.4 Å². The normalized spacial score (nSPS) is 22.8. The van der Waals surface area contributed by atoms with Crippen LogP contribution in [0.4, 0.5) is 19.0 Å². The van der Waals surface area contributed by atoms with E-state index in [9.17, 15) is 22.5 Å². The van der Waals surface area contributed by atoms with Crippen LogP contribution in [-0.2, 0) is 10.0 Å². The van der Waals surface area contributed by atoms with Crippen molar-refractivity contribution in [2.45, 2.75) is 61.2 Å². The van der Waals surface area contributed by atoms with Gasteiger partial charge in [-0.25, -0.2) is 31.6 Å². The highest BCUT2D eigenvalue weighted by molar-refractivity contribution is 7.89. The lowest BCUT2D eigenvalue weighted by atomic mass is 10.0. The highest BCUT2D eigenvalue weighted by Gasteiger charge is 2.47. The fourth-order valence-electron chi connectivity index (χ4n) is 6.05. The van der Waals surface area contributed by atoms with Crippen molar-refractivity contribution in [3.05, 3.63) is 29.5 Å². The Balaban J connectivity index is 1.36. The molecule has 3 aliphatic rings. The molecule has 16 heteroatoms. The van der Waals surface area contributed by atoms with Crippen LogP contribution >= 0.6 is 11.3 Å². The molecule has 0 radical (unpaired) electrons. The predicted molar refractivity (Wildman–Crippen MR) is 149 cm³/mol. The minimum absolute atomic E-state index is 0.0734. The standard InChI is InChI=1S/C26H26F3N9O2S2/c27-17-12-37(10-5-18(17)36-8-1-2-9-36)22-20-16-4-3-15(42(39,40)35-26(13-30)6-7-26)11-19(16)38(23(20)32-14-31-22)25-34-33-24(41-25)21(28)29/h3-4,11,14,17-18,21,35H,1-2,5-10,12H2. The third-order valence-corrected chi connectivity index (χ3v) is 10.8. The summed E-state index contributed by atoms with van der Waals surface area (Å²) < 4.78 is 73.0. The lowest BCUT2D eigenvalue weighted by Crippen LogP contribution is -2.52. The van der Waals surface area contributed by atoms with E-state index in [1.54, 1.807) is 6.07 Å². The van der Waals surface area contributed by atoms with Crippen LogP contribution in [0.5, 0.6) is 0 Å². The summed E-state index contributed by atoms with van der Waals surface area (Å²) in [4.78, 5) is 12.9. The summed E-state index contributed by atoms with van der Waals surface area (Å²) in [5.41, 5.74) is -0.492. The molecule has 2 atom stereocenters. The van der Waals surface area contributed by atoms with Gasteiger partial charge >= 0.3 is 0 Å². The summed E-state index contributed by atoms with van der Waals surface area (Å²) >= 11 is 0.665. The molecule has 1 N–H and O–H groups in total. The van der Waals surface area contributed by atoms with Crippen molar-refractivity contribution < 1.29 is 21.6 Å². The SMILES string of the molecule is N#CC1(NS(=O)(=O)c2ccc3c4c(N5CCC(N6CCCC6)C(F)C5)ncnc4n(-c4nnc(C(F)F)s4)c3c2)CC1. The summed E-state index contributed by atoms with van der Waals surface area (Å²) in [5.74, 6) is 0.472. The number of aromatic nitrogens is 5. The van der Waals surface area contributed by atoms with Gasteiger partial charge in [-0.1, -0.05) is 17.4 Å². The van der Waals surface area contributed by atoms with Crippen molar-refractivity contribution in [1.29, 1.82) is 5.26 Å². The molecule has 5 heterocycles. The van der Waals surface area contributed by atoms with E-state index in [4.69, 9.17) is 0 Å². The summed E-state index contributed by atoms with van der Waals surface area (Å²) in [6.07, 6.45) is 0.980. The highest BCUT2D eigenvalue weighted by Crippen LogP contribution is 2.40. The number of benzene rings is 1. The van der Waals surface area contributed by atoms with Crippen molar-refractivity contribution in [2.75, 3.05) is 31.1 Å². The van der Waals surface area contributed by atoms with E-state index in [0.29, 0.717) is 64.9 Å². The molecule has 0 bridgehead atoms. The van der Waals surface area contributed by atoms with E-state index in [2.05, 4.69) is 29.8 Å². The van der Waals surface area contributed by atoms with Gasteiger partial charge in [0.25, 0.3) is 6.43 Å². The molecule has 3 aromatic heterocycles. The number of likely N-dealkylation sites (tertiary alicyclic amines) is 1. The molecule has 11 nitrogen and oxygen atoms in total. The molecule has 2 saturated heterocycles. The van der Waals surface area contributed by atoms with Gasteiger partial charge in [-0.15, -0.1) is 10.2 Å². The van der Waals surface area contributed by atoms with Gasteiger partial charge in [-0.2, -0.15) is 9.98 Å². The van der Waals surface area contributed by atoms with Gasteiger partial charge in [0.1, 0.15) is 23.9 Å². The monoisotopic (exact) mass is 617 g/mol. The fourth-order valence-corrected chi connectivity index (χ4v) is 8.16. The topological polar surface area (TPSA) is 133 Å². The zero-order chi connectivity index (χ0) is 29.2. The van der Waals surface area contributed by atoms with Crippen molar-refractivity contribution >= 4 is 49.1 Å². The molecule has 1 saturated carbocycles. The number of sulfonamides is 1. The summed E-state index contributed by atoms with van der Waals surface area (Å²) in [5, 5.41) is 17.7. The Morgan fingerprint density at radius 3 is 2.60 bits per heavy atom. The van der Waals surface area contributed by atoms with E-state index >= 15 is 4.39 Å². The first-order valence-electron chi connectivity index (χ1n) is 13.7. The maximum atomic E-state index is 15.5. The van der Waals surface area contributed by atoms with Crippen LogP contribution in [-0.4, -0.2) is 82.0 Å². The molecule has 2 unspecified atom stereocenters. The van der Waals surface area contributed by atoms with E-state index in [0.717, 1.165) is 25.9 Å². The maximum Gasteiger partial charge on any atom is 0.291 e. The second-order valence-electron chi connectivity index (χ2n) is 11.0. The minimum Gasteiger partial charge on any atom is -0.353 e. The number of hydrogen-bond donors (Lipinski definition) is 1. The number of halogens is 3. The lowest BCUT2D eigenvalue weighted by molar-refractivity contribution is 0.114. The molecule has 0 amide bonds. The second-order valence-corrected chi connectivity index (χ2v) is 13.7. The number of alkyl halides is 3. The first-order valence-corrected chi connectivity index (χ1v) is 16.0. The predicted octanol–water partition coefficient (Wildman–Crippen LogP) is 3.71. The average molecular weight is 618 g/mol. The smallest absolute Gasteiger partial charge is 0.291 e. The Morgan fingerprint density at radius 2 is 1.93 bits per heavy atom. The molecule has 1 aliphatic carbocycles. The van der Waals surface area contributed by atoms with Crippen molar-refractivity contribution in [3.8, 4) is 11.2 Å². The number of hydrogen-bond acceptors (Lipinski definition) is 10. The third-order valence-electron chi connectivity index (χ3n) is 8.33. The van der Waals surface area contributed by atoms with Gasteiger partial charge in [0.2, 0.25) is 15.2 Å². The summed E-state index contributed by atoms with van der Waals surface area (Å²) in [6, 6.07) is 6.28. The van der Waals surface area contributed by atoms with Crippen LogP contribution < -0.4 is 9.62 Å². The van der Waals surface area contributed by atoms with Gasteiger partial charge in [-0.3, -0.25) is 9.47 Å². The molecule has 42 heavy (non-hydrogen) atoms. The average Bonchev–Trinajstić information content (AvgIpc) is 3.35. The van der Waals surface area contributed by atoms with Gasteiger partial charge in [0.15, 0.2) is 10.7 Å². The van der Waals surface area contributed by atoms with E-state index < -0.39 is 33.2 Å². The van der Waals surface area contributed by atoms with Crippen LogP contribution in [0.2, 0.25) is 0 Å². The maximum absolute atomic E-state index is 15.5. The van der Waals surface area contributed by atoms with Gasteiger partial charge in [0.05, 0.1) is 28.4 Å². The molecule has 2 aliphatic heterocycles. The first kappa shape index (κ1) is 27.4. The zero-order valence-corrected chi connectivity index (χ0v) is 23.9. The van der Waals surface area contributed by atoms with Crippen LogP contribution in [0.1, 0.15) is 43.5 Å². The number of anilines is 1. The van der Waals surface area contributed by atoms with Gasteiger partial charge in [0, 0.05) is 18.0 Å².